The van der Waals surface area contributed by atoms with E-state index in [1.54, 1.807) is 0 Å². The molecule has 0 radical (unpaired) electrons. The molecule has 58 valence electrons. The van der Waals surface area contributed by atoms with Crippen LogP contribution in [0.25, 0.3) is 0 Å². The number of anilines is 1. The highest BCUT2D eigenvalue weighted by atomic mass is 16.1. The van der Waals surface area contributed by atoms with Crippen LogP contribution in [-0.2, 0) is 0 Å². The van der Waals surface area contributed by atoms with Gasteiger partial charge in [-0.2, -0.15) is 0 Å². The Morgan fingerprint density at radius 1 is 1.45 bits per heavy atom. The normalized spacial score (nSPS) is 9.18. The van der Waals surface area contributed by atoms with Crippen molar-refractivity contribution in [2.75, 3.05) is 5.43 Å². The maximum atomic E-state index is 10.5. The second-order valence-electron chi connectivity index (χ2n) is 1.80. The first kappa shape index (κ1) is 7.42. The van der Waals surface area contributed by atoms with Crippen LogP contribution in [0.4, 0.5) is 5.82 Å². The summed E-state index contributed by atoms with van der Waals surface area (Å²) in [5, 5.41) is 0. The Morgan fingerprint density at radius 2 is 2.18 bits per heavy atom. The third-order valence-corrected chi connectivity index (χ3v) is 1.05. The topological polar surface area (TPSA) is 107 Å². The van der Waals surface area contributed by atoms with E-state index in [0.717, 1.165) is 0 Å². The molecular weight excluding hydrogens is 146 g/mol. The first-order valence-corrected chi connectivity index (χ1v) is 2.82. The zero-order valence-electron chi connectivity index (χ0n) is 5.61. The Balaban J connectivity index is 2.91. The maximum absolute atomic E-state index is 10.5. The van der Waals surface area contributed by atoms with E-state index in [-0.39, 0.29) is 5.69 Å². The van der Waals surface area contributed by atoms with Crippen LogP contribution in [0.5, 0.6) is 0 Å². The van der Waals surface area contributed by atoms with Crippen LogP contribution in [0, 0.1) is 0 Å². The molecule has 0 fully saturated rings. The molecule has 6 heteroatoms. The molecule has 0 aliphatic heterocycles. The average molecular weight is 153 g/mol. The summed E-state index contributed by atoms with van der Waals surface area (Å²) < 4.78 is 0. The Morgan fingerprint density at radius 3 is 2.55 bits per heavy atom. The number of nitrogen functional groups attached to an aromatic ring is 1. The Labute approximate surface area is 62.6 Å². The summed E-state index contributed by atoms with van der Waals surface area (Å²) in [6.07, 6.45) is 2.57. The monoisotopic (exact) mass is 153 g/mol. The zero-order chi connectivity index (χ0) is 8.27. The van der Waals surface area contributed by atoms with E-state index in [2.05, 4.69) is 15.4 Å². The molecule has 5 N–H and O–H groups in total. The van der Waals surface area contributed by atoms with Gasteiger partial charge in [-0.05, 0) is 0 Å². The third kappa shape index (κ3) is 1.62. The van der Waals surface area contributed by atoms with E-state index >= 15 is 0 Å². The van der Waals surface area contributed by atoms with Gasteiger partial charge >= 0.3 is 0 Å². The number of nitrogens with two attached hydrogens (primary N) is 2. The van der Waals surface area contributed by atoms with Crippen LogP contribution in [-0.4, -0.2) is 15.9 Å². The molecule has 0 aliphatic rings. The minimum absolute atomic E-state index is 0.115. The fourth-order valence-corrected chi connectivity index (χ4v) is 0.530. The predicted octanol–water partition coefficient (Wildman–Crippen LogP) is -1.14. The van der Waals surface area contributed by atoms with E-state index in [4.69, 9.17) is 11.6 Å². The molecule has 0 unspecified atom stereocenters. The second kappa shape index (κ2) is 2.93. The molecule has 1 amide bonds. The summed E-state index contributed by atoms with van der Waals surface area (Å²) in [6, 6.07) is 0. The molecule has 0 saturated carbocycles. The van der Waals surface area contributed by atoms with Crippen molar-refractivity contribution in [3.8, 4) is 0 Å². The number of hydrogen-bond acceptors (Lipinski definition) is 5. The van der Waals surface area contributed by atoms with Crippen LogP contribution in [0.2, 0.25) is 0 Å². The standard InChI is InChI=1S/C5H7N5O/c6-5(11)3-1-9-4(10-7)2-8-3/h1-2H,7H2,(H2,6,11)(H,9,10). The van der Waals surface area contributed by atoms with Crippen LogP contribution in [0.1, 0.15) is 10.5 Å². The lowest BCUT2D eigenvalue weighted by Gasteiger charge is -1.96. The van der Waals surface area contributed by atoms with Crippen molar-refractivity contribution in [1.82, 2.24) is 9.97 Å². The SMILES string of the molecule is NNc1cnc(C(N)=O)cn1. The minimum Gasteiger partial charge on any atom is -0.364 e. The number of nitrogens with one attached hydrogen (secondary N) is 1. The van der Waals surface area contributed by atoms with Crippen molar-refractivity contribution in [3.05, 3.63) is 18.1 Å². The van der Waals surface area contributed by atoms with Gasteiger partial charge < -0.3 is 11.2 Å². The first-order chi connectivity index (χ1) is 5.24. The smallest absolute Gasteiger partial charge is 0.268 e. The lowest BCUT2D eigenvalue weighted by Crippen LogP contribution is -2.15. The van der Waals surface area contributed by atoms with Gasteiger partial charge in [0.2, 0.25) is 0 Å². The molecule has 1 rings (SSSR count). The number of nitrogens with zero attached hydrogens (tertiary/aromatic N) is 2. The van der Waals surface area contributed by atoms with Gasteiger partial charge in [-0.25, -0.2) is 15.8 Å². The third-order valence-electron chi connectivity index (χ3n) is 1.05. The Kier molecular flexibility index (Phi) is 1.98. The van der Waals surface area contributed by atoms with Crippen molar-refractivity contribution in [2.24, 2.45) is 11.6 Å². The highest BCUT2D eigenvalue weighted by Gasteiger charge is 2.00. The van der Waals surface area contributed by atoms with Crippen molar-refractivity contribution in [3.63, 3.8) is 0 Å². The lowest BCUT2D eigenvalue weighted by molar-refractivity contribution is 0.0995. The van der Waals surface area contributed by atoms with E-state index in [9.17, 15) is 4.79 Å². The average Bonchev–Trinajstić information content (AvgIpc) is 2.05. The van der Waals surface area contributed by atoms with Crippen molar-refractivity contribution in [2.45, 2.75) is 0 Å². The molecule has 0 bridgehead atoms. The van der Waals surface area contributed by atoms with Crippen LogP contribution >= 0.6 is 0 Å². The quantitative estimate of drug-likeness (QED) is 0.367. The van der Waals surface area contributed by atoms with Crippen LogP contribution < -0.4 is 17.0 Å². The summed E-state index contributed by atoms with van der Waals surface area (Å²) in [5.74, 6) is 4.78. The van der Waals surface area contributed by atoms with Gasteiger partial charge in [0.1, 0.15) is 5.69 Å². The van der Waals surface area contributed by atoms with E-state index in [1.165, 1.54) is 12.4 Å². The van der Waals surface area contributed by atoms with Gasteiger partial charge in [0, 0.05) is 0 Å². The second-order valence-corrected chi connectivity index (χ2v) is 1.80. The Bertz CT molecular complexity index is 256. The molecule has 0 aromatic carbocycles. The summed E-state index contributed by atoms with van der Waals surface area (Å²) in [5.41, 5.74) is 7.29. The summed E-state index contributed by atoms with van der Waals surface area (Å²) >= 11 is 0. The fraction of sp³-hybridized carbons (Fsp3) is 0. The van der Waals surface area contributed by atoms with E-state index in [1.807, 2.05) is 0 Å². The van der Waals surface area contributed by atoms with Crippen molar-refractivity contribution >= 4 is 11.7 Å². The summed E-state index contributed by atoms with van der Waals surface area (Å²) in [4.78, 5) is 17.9. The largest absolute Gasteiger partial charge is 0.364 e. The van der Waals surface area contributed by atoms with Gasteiger partial charge in [0.25, 0.3) is 5.91 Å². The molecule has 6 nitrogen and oxygen atoms in total. The lowest BCUT2D eigenvalue weighted by atomic mass is 10.4. The number of amides is 1. The molecule has 0 spiro atoms. The van der Waals surface area contributed by atoms with Crippen LogP contribution in [0.15, 0.2) is 12.4 Å². The summed E-state index contributed by atoms with van der Waals surface area (Å²) in [7, 11) is 0. The molecule has 0 aliphatic carbocycles. The molecule has 1 aromatic heterocycles. The van der Waals surface area contributed by atoms with Crippen LogP contribution in [0.3, 0.4) is 0 Å². The maximum Gasteiger partial charge on any atom is 0.268 e. The van der Waals surface area contributed by atoms with Gasteiger partial charge in [-0.1, -0.05) is 0 Å². The molecule has 1 aromatic rings. The van der Waals surface area contributed by atoms with E-state index < -0.39 is 5.91 Å². The van der Waals surface area contributed by atoms with E-state index in [0.29, 0.717) is 5.82 Å². The number of carbonyl (C=O) groups is 1. The highest BCUT2D eigenvalue weighted by Crippen LogP contribution is 1.96. The minimum atomic E-state index is -0.610. The van der Waals surface area contributed by atoms with Gasteiger partial charge in [0.05, 0.1) is 12.4 Å². The number of carbonyl (C=O) groups excluding carboxylic acids is 1. The number of primary amides is 1. The molecule has 11 heavy (non-hydrogen) atoms. The fourth-order valence-electron chi connectivity index (χ4n) is 0.530. The van der Waals surface area contributed by atoms with Gasteiger partial charge in [-0.3, -0.25) is 4.79 Å². The predicted molar refractivity (Wildman–Crippen MR) is 38.4 cm³/mol. The molecular formula is C5H7N5O. The first-order valence-electron chi connectivity index (χ1n) is 2.82. The van der Waals surface area contributed by atoms with Crippen molar-refractivity contribution in [1.29, 1.82) is 0 Å². The number of aromatic nitrogens is 2. The zero-order valence-corrected chi connectivity index (χ0v) is 5.61. The van der Waals surface area contributed by atoms with Gasteiger partial charge in [0.15, 0.2) is 5.82 Å². The molecule has 0 saturated heterocycles. The highest BCUT2D eigenvalue weighted by molar-refractivity contribution is 5.90. The van der Waals surface area contributed by atoms with Crippen molar-refractivity contribution < 1.29 is 4.79 Å². The number of rotatable bonds is 2. The summed E-state index contributed by atoms with van der Waals surface area (Å²) in [6.45, 7) is 0. The molecule has 0 atom stereocenters. The van der Waals surface area contributed by atoms with Gasteiger partial charge in [-0.15, -0.1) is 0 Å². The number of hydrazine groups is 1. The molecule has 1 heterocycles. The number of hydrogen-bond donors (Lipinski definition) is 3. The Hall–Kier alpha value is -1.69.